The first-order valence-electron chi connectivity index (χ1n) is 7.27. The Labute approximate surface area is 114 Å². The van der Waals surface area contributed by atoms with Gasteiger partial charge in [0.1, 0.15) is 0 Å². The van der Waals surface area contributed by atoms with Crippen LogP contribution in [0, 0.1) is 11.8 Å². The molecule has 1 saturated carbocycles. The van der Waals surface area contributed by atoms with E-state index in [9.17, 15) is 9.59 Å². The van der Waals surface area contributed by atoms with E-state index in [1.807, 2.05) is 4.90 Å². The molecule has 0 aromatic carbocycles. The van der Waals surface area contributed by atoms with E-state index in [4.69, 9.17) is 5.11 Å². The van der Waals surface area contributed by atoms with E-state index >= 15 is 0 Å². The Hall–Kier alpha value is -1.10. The van der Waals surface area contributed by atoms with Crippen molar-refractivity contribution in [3.63, 3.8) is 0 Å². The minimum atomic E-state index is 0.0931. The van der Waals surface area contributed by atoms with E-state index in [1.54, 1.807) is 11.8 Å². The molecule has 19 heavy (non-hydrogen) atoms. The van der Waals surface area contributed by atoms with Crippen LogP contribution in [0.3, 0.4) is 0 Å². The molecule has 1 saturated heterocycles. The minimum absolute atomic E-state index is 0.0931. The predicted octanol–water partition coefficient (Wildman–Crippen LogP) is 0.476. The van der Waals surface area contributed by atoms with Crippen LogP contribution in [-0.2, 0) is 9.59 Å². The first-order chi connectivity index (χ1) is 9.11. The van der Waals surface area contributed by atoms with Crippen molar-refractivity contribution in [1.82, 2.24) is 9.80 Å². The lowest BCUT2D eigenvalue weighted by Crippen LogP contribution is -2.51. The lowest BCUT2D eigenvalue weighted by atomic mass is 9.81. The van der Waals surface area contributed by atoms with E-state index in [2.05, 4.69) is 0 Å². The maximum Gasteiger partial charge on any atom is 0.225 e. The highest BCUT2D eigenvalue weighted by molar-refractivity contribution is 5.79. The van der Waals surface area contributed by atoms with Crippen LogP contribution in [0.25, 0.3) is 0 Å². The zero-order valence-electron chi connectivity index (χ0n) is 11.7. The zero-order chi connectivity index (χ0) is 13.8. The summed E-state index contributed by atoms with van der Waals surface area (Å²) in [5.41, 5.74) is 0. The highest BCUT2D eigenvalue weighted by atomic mass is 16.3. The summed E-state index contributed by atoms with van der Waals surface area (Å²) < 4.78 is 0. The van der Waals surface area contributed by atoms with E-state index in [0.717, 1.165) is 25.7 Å². The van der Waals surface area contributed by atoms with Crippen molar-refractivity contribution in [2.75, 3.05) is 32.8 Å². The van der Waals surface area contributed by atoms with E-state index in [-0.39, 0.29) is 24.3 Å². The summed E-state index contributed by atoms with van der Waals surface area (Å²) in [6.07, 6.45) is 3.72. The summed E-state index contributed by atoms with van der Waals surface area (Å²) in [6, 6.07) is 0. The molecule has 0 spiro atoms. The van der Waals surface area contributed by atoms with Gasteiger partial charge in [0.25, 0.3) is 0 Å². The van der Waals surface area contributed by atoms with Crippen molar-refractivity contribution < 1.29 is 14.7 Å². The van der Waals surface area contributed by atoms with Gasteiger partial charge in [-0.05, 0) is 31.6 Å². The van der Waals surface area contributed by atoms with Crippen LogP contribution in [0.4, 0.5) is 0 Å². The first kappa shape index (κ1) is 14.3. The highest BCUT2D eigenvalue weighted by Crippen LogP contribution is 2.29. The molecule has 0 bridgehead atoms. The number of aliphatic hydroxyl groups excluding tert-OH is 1. The van der Waals surface area contributed by atoms with Crippen LogP contribution in [0.15, 0.2) is 0 Å². The Morgan fingerprint density at radius 1 is 1.00 bits per heavy atom. The van der Waals surface area contributed by atoms with Crippen molar-refractivity contribution in [1.29, 1.82) is 0 Å². The summed E-state index contributed by atoms with van der Waals surface area (Å²) in [4.78, 5) is 27.3. The van der Waals surface area contributed by atoms with Crippen LogP contribution in [0.2, 0.25) is 0 Å². The Morgan fingerprint density at radius 3 is 2.00 bits per heavy atom. The molecule has 0 unspecified atom stereocenters. The molecule has 1 N–H and O–H groups in total. The average Bonchev–Trinajstić information content (AvgIpc) is 2.46. The monoisotopic (exact) mass is 268 g/mol. The Kier molecular flexibility index (Phi) is 4.80. The second-order valence-corrected chi connectivity index (χ2v) is 5.73. The van der Waals surface area contributed by atoms with Gasteiger partial charge in [-0.15, -0.1) is 0 Å². The van der Waals surface area contributed by atoms with Crippen molar-refractivity contribution in [2.24, 2.45) is 11.8 Å². The van der Waals surface area contributed by atoms with Gasteiger partial charge in [-0.25, -0.2) is 0 Å². The third-order valence-electron chi connectivity index (χ3n) is 4.49. The summed E-state index contributed by atoms with van der Waals surface area (Å²) in [7, 11) is 0. The standard InChI is InChI=1S/C14H24N2O3/c1-11(18)15-6-8-16(9-7-15)14(19)13-4-2-12(10-17)3-5-13/h12-13,17H,2-10H2,1H3. The van der Waals surface area contributed by atoms with Gasteiger partial charge < -0.3 is 14.9 Å². The lowest BCUT2D eigenvalue weighted by molar-refractivity contribution is -0.142. The van der Waals surface area contributed by atoms with Gasteiger partial charge in [0.2, 0.25) is 11.8 Å². The molecule has 1 aliphatic carbocycles. The molecule has 1 heterocycles. The van der Waals surface area contributed by atoms with Gasteiger partial charge in [0.15, 0.2) is 0 Å². The van der Waals surface area contributed by atoms with Crippen molar-refractivity contribution in [3.8, 4) is 0 Å². The number of carbonyl (C=O) groups excluding carboxylic acids is 2. The Morgan fingerprint density at radius 2 is 1.53 bits per heavy atom. The van der Waals surface area contributed by atoms with Gasteiger partial charge in [0.05, 0.1) is 0 Å². The Bertz CT molecular complexity index is 330. The Balaban J connectivity index is 1.80. The predicted molar refractivity (Wildman–Crippen MR) is 71.4 cm³/mol. The topological polar surface area (TPSA) is 60.9 Å². The quantitative estimate of drug-likeness (QED) is 0.792. The minimum Gasteiger partial charge on any atom is -0.396 e. The number of rotatable bonds is 2. The van der Waals surface area contributed by atoms with E-state index < -0.39 is 0 Å². The molecule has 0 atom stereocenters. The maximum atomic E-state index is 12.4. The van der Waals surface area contributed by atoms with Gasteiger partial charge in [-0.1, -0.05) is 0 Å². The number of aliphatic hydroxyl groups is 1. The number of hydrogen-bond acceptors (Lipinski definition) is 3. The van der Waals surface area contributed by atoms with Gasteiger partial charge in [0, 0.05) is 45.6 Å². The number of amides is 2. The van der Waals surface area contributed by atoms with Crippen LogP contribution in [-0.4, -0.2) is 59.5 Å². The second-order valence-electron chi connectivity index (χ2n) is 5.73. The average molecular weight is 268 g/mol. The zero-order valence-corrected chi connectivity index (χ0v) is 11.7. The fourth-order valence-corrected chi connectivity index (χ4v) is 3.09. The summed E-state index contributed by atoms with van der Waals surface area (Å²) in [6.45, 7) is 4.47. The molecule has 2 amide bonds. The summed E-state index contributed by atoms with van der Waals surface area (Å²) in [5, 5.41) is 9.11. The summed E-state index contributed by atoms with van der Waals surface area (Å²) >= 11 is 0. The molecular weight excluding hydrogens is 244 g/mol. The van der Waals surface area contributed by atoms with Crippen LogP contribution < -0.4 is 0 Å². The maximum absolute atomic E-state index is 12.4. The number of nitrogens with zero attached hydrogens (tertiary/aromatic N) is 2. The first-order valence-corrected chi connectivity index (χ1v) is 7.27. The van der Waals surface area contributed by atoms with Gasteiger partial charge >= 0.3 is 0 Å². The van der Waals surface area contributed by atoms with E-state index in [0.29, 0.717) is 32.1 Å². The van der Waals surface area contributed by atoms with E-state index in [1.165, 1.54) is 0 Å². The molecule has 1 aliphatic heterocycles. The molecule has 5 heteroatoms. The van der Waals surface area contributed by atoms with Gasteiger partial charge in [-0.2, -0.15) is 0 Å². The number of carbonyl (C=O) groups is 2. The normalized spacial score (nSPS) is 28.3. The summed E-state index contributed by atoms with van der Waals surface area (Å²) in [5.74, 6) is 0.862. The fraction of sp³-hybridized carbons (Fsp3) is 0.857. The van der Waals surface area contributed by atoms with Crippen molar-refractivity contribution in [3.05, 3.63) is 0 Å². The SMILES string of the molecule is CC(=O)N1CCN(C(=O)C2CCC(CO)CC2)CC1. The molecular formula is C14H24N2O3. The second kappa shape index (κ2) is 6.37. The molecule has 2 rings (SSSR count). The van der Waals surface area contributed by atoms with Crippen LogP contribution >= 0.6 is 0 Å². The molecule has 5 nitrogen and oxygen atoms in total. The molecule has 0 aromatic rings. The molecule has 2 fully saturated rings. The van der Waals surface area contributed by atoms with Crippen LogP contribution in [0.1, 0.15) is 32.6 Å². The van der Waals surface area contributed by atoms with Crippen LogP contribution in [0.5, 0.6) is 0 Å². The molecule has 0 aromatic heterocycles. The highest BCUT2D eigenvalue weighted by Gasteiger charge is 2.31. The third-order valence-corrected chi connectivity index (χ3v) is 4.49. The molecule has 2 aliphatic rings. The molecule has 108 valence electrons. The largest absolute Gasteiger partial charge is 0.396 e. The number of hydrogen-bond donors (Lipinski definition) is 1. The van der Waals surface area contributed by atoms with Gasteiger partial charge in [-0.3, -0.25) is 9.59 Å². The number of piperazine rings is 1. The van der Waals surface area contributed by atoms with Crippen molar-refractivity contribution in [2.45, 2.75) is 32.6 Å². The fourth-order valence-electron chi connectivity index (χ4n) is 3.09. The molecule has 0 radical (unpaired) electrons. The third kappa shape index (κ3) is 3.47. The van der Waals surface area contributed by atoms with Crippen molar-refractivity contribution >= 4 is 11.8 Å². The smallest absolute Gasteiger partial charge is 0.225 e. The lowest BCUT2D eigenvalue weighted by Gasteiger charge is -2.37.